The highest BCUT2D eigenvalue weighted by molar-refractivity contribution is 6.42. The second-order valence-corrected chi connectivity index (χ2v) is 6.23. The zero-order valence-corrected chi connectivity index (χ0v) is 13.8. The van der Waals surface area contributed by atoms with E-state index in [0.29, 0.717) is 10.0 Å². The number of hydrogen-bond donors (Lipinski definition) is 1. The molecule has 3 rings (SSSR count). The summed E-state index contributed by atoms with van der Waals surface area (Å²) in [6, 6.07) is 20.9. The quantitative estimate of drug-likeness (QED) is 0.619. The summed E-state index contributed by atoms with van der Waals surface area (Å²) in [5.74, 6) is 0. The van der Waals surface area contributed by atoms with Crippen molar-refractivity contribution in [2.45, 2.75) is 19.5 Å². The molecule has 0 spiro atoms. The Morgan fingerprint density at radius 2 is 1.68 bits per heavy atom. The van der Waals surface area contributed by atoms with Gasteiger partial charge in [0.25, 0.3) is 0 Å². The molecule has 0 saturated heterocycles. The lowest BCUT2D eigenvalue weighted by atomic mass is 9.99. The fraction of sp³-hybridized carbons (Fsp3) is 0.158. The SMILES string of the molecule is C[C@@H](NCc1ccc(Cl)c(Cl)c1)c1cccc2ccccc12. The van der Waals surface area contributed by atoms with Crippen LogP contribution in [0.2, 0.25) is 10.0 Å². The van der Waals surface area contributed by atoms with Crippen LogP contribution in [0.25, 0.3) is 10.8 Å². The highest BCUT2D eigenvalue weighted by Crippen LogP contribution is 2.25. The van der Waals surface area contributed by atoms with Crippen LogP contribution in [-0.2, 0) is 6.54 Å². The Morgan fingerprint density at radius 3 is 2.50 bits per heavy atom. The molecule has 22 heavy (non-hydrogen) atoms. The first-order valence-corrected chi connectivity index (χ1v) is 8.06. The Labute approximate surface area is 140 Å². The van der Waals surface area contributed by atoms with Gasteiger partial charge in [0.05, 0.1) is 10.0 Å². The van der Waals surface area contributed by atoms with Crippen LogP contribution in [0.1, 0.15) is 24.1 Å². The van der Waals surface area contributed by atoms with Crippen LogP contribution in [-0.4, -0.2) is 0 Å². The number of hydrogen-bond acceptors (Lipinski definition) is 1. The van der Waals surface area contributed by atoms with Crippen molar-refractivity contribution in [1.82, 2.24) is 5.32 Å². The molecule has 1 N–H and O–H groups in total. The predicted octanol–water partition coefficient (Wildman–Crippen LogP) is 6.00. The van der Waals surface area contributed by atoms with E-state index in [2.05, 4.69) is 54.7 Å². The second kappa shape index (κ2) is 6.70. The van der Waals surface area contributed by atoms with Crippen molar-refractivity contribution in [3.05, 3.63) is 81.8 Å². The minimum atomic E-state index is 0.251. The normalized spacial score (nSPS) is 12.5. The summed E-state index contributed by atoms with van der Waals surface area (Å²) in [6.07, 6.45) is 0. The molecule has 0 saturated carbocycles. The average molecular weight is 330 g/mol. The third-order valence-corrected chi connectivity index (χ3v) is 4.63. The molecule has 1 nitrogen and oxygen atoms in total. The molecule has 0 fully saturated rings. The molecule has 0 aromatic heterocycles. The predicted molar refractivity (Wildman–Crippen MR) is 95.7 cm³/mol. The molecule has 0 amide bonds. The van der Waals surface area contributed by atoms with Gasteiger partial charge in [-0.05, 0) is 41.0 Å². The first-order chi connectivity index (χ1) is 10.6. The van der Waals surface area contributed by atoms with Crippen LogP contribution in [0.4, 0.5) is 0 Å². The van der Waals surface area contributed by atoms with Gasteiger partial charge in [0, 0.05) is 12.6 Å². The van der Waals surface area contributed by atoms with Crippen LogP contribution < -0.4 is 5.32 Å². The standard InChI is InChI=1S/C19H17Cl2N/c1-13(22-12-14-9-10-18(20)19(21)11-14)16-8-4-6-15-5-2-3-7-17(15)16/h2-11,13,22H,12H2,1H3/t13-/m1/s1. The van der Waals surface area contributed by atoms with Gasteiger partial charge in [-0.3, -0.25) is 0 Å². The van der Waals surface area contributed by atoms with Crippen LogP contribution in [0.5, 0.6) is 0 Å². The van der Waals surface area contributed by atoms with Gasteiger partial charge in [-0.15, -0.1) is 0 Å². The molecule has 1 atom stereocenters. The fourth-order valence-corrected chi connectivity index (χ4v) is 2.98. The van der Waals surface area contributed by atoms with E-state index < -0.39 is 0 Å². The summed E-state index contributed by atoms with van der Waals surface area (Å²) in [5, 5.41) is 7.30. The molecular formula is C19H17Cl2N. The zero-order valence-electron chi connectivity index (χ0n) is 12.3. The van der Waals surface area contributed by atoms with Crippen molar-refractivity contribution in [1.29, 1.82) is 0 Å². The van der Waals surface area contributed by atoms with Gasteiger partial charge in [0.15, 0.2) is 0 Å². The smallest absolute Gasteiger partial charge is 0.0595 e. The summed E-state index contributed by atoms with van der Waals surface area (Å²) in [7, 11) is 0. The summed E-state index contributed by atoms with van der Waals surface area (Å²) < 4.78 is 0. The summed E-state index contributed by atoms with van der Waals surface area (Å²) in [6.45, 7) is 2.93. The molecule has 0 aliphatic heterocycles. The van der Waals surface area contributed by atoms with Gasteiger partial charge >= 0.3 is 0 Å². The van der Waals surface area contributed by atoms with E-state index in [1.54, 1.807) is 0 Å². The summed E-state index contributed by atoms with van der Waals surface area (Å²) in [4.78, 5) is 0. The van der Waals surface area contributed by atoms with Gasteiger partial charge in [-0.2, -0.15) is 0 Å². The van der Waals surface area contributed by atoms with Gasteiger partial charge < -0.3 is 5.32 Å². The minimum absolute atomic E-state index is 0.251. The monoisotopic (exact) mass is 329 g/mol. The lowest BCUT2D eigenvalue weighted by Gasteiger charge is -2.17. The summed E-state index contributed by atoms with van der Waals surface area (Å²) in [5.41, 5.74) is 2.43. The van der Waals surface area contributed by atoms with Gasteiger partial charge in [0.2, 0.25) is 0 Å². The van der Waals surface area contributed by atoms with Crippen molar-refractivity contribution in [2.75, 3.05) is 0 Å². The van der Waals surface area contributed by atoms with Crippen molar-refractivity contribution in [3.8, 4) is 0 Å². The number of benzene rings is 3. The first kappa shape index (κ1) is 15.4. The highest BCUT2D eigenvalue weighted by atomic mass is 35.5. The molecule has 0 heterocycles. The molecule has 3 heteroatoms. The van der Waals surface area contributed by atoms with E-state index in [0.717, 1.165) is 12.1 Å². The fourth-order valence-electron chi connectivity index (χ4n) is 2.66. The third kappa shape index (κ3) is 3.27. The lowest BCUT2D eigenvalue weighted by molar-refractivity contribution is 0.578. The summed E-state index contributed by atoms with van der Waals surface area (Å²) >= 11 is 12.0. The molecule has 0 radical (unpaired) electrons. The topological polar surface area (TPSA) is 12.0 Å². The van der Waals surface area contributed by atoms with E-state index in [1.165, 1.54) is 16.3 Å². The Balaban J connectivity index is 1.78. The Morgan fingerprint density at radius 1 is 0.909 bits per heavy atom. The van der Waals surface area contributed by atoms with Crippen molar-refractivity contribution >= 4 is 34.0 Å². The highest BCUT2D eigenvalue weighted by Gasteiger charge is 2.09. The van der Waals surface area contributed by atoms with Gasteiger partial charge in [0.1, 0.15) is 0 Å². The van der Waals surface area contributed by atoms with E-state index in [1.807, 2.05) is 18.2 Å². The maximum atomic E-state index is 6.06. The minimum Gasteiger partial charge on any atom is -0.306 e. The van der Waals surface area contributed by atoms with E-state index >= 15 is 0 Å². The van der Waals surface area contributed by atoms with Crippen LogP contribution in [0.15, 0.2) is 60.7 Å². The first-order valence-electron chi connectivity index (χ1n) is 7.30. The number of fused-ring (bicyclic) bond motifs is 1. The molecule has 0 aliphatic rings. The number of nitrogens with one attached hydrogen (secondary N) is 1. The van der Waals surface area contributed by atoms with Crippen LogP contribution in [0, 0.1) is 0 Å². The third-order valence-electron chi connectivity index (χ3n) is 3.89. The average Bonchev–Trinajstić information content (AvgIpc) is 2.55. The van der Waals surface area contributed by atoms with Gasteiger partial charge in [-0.1, -0.05) is 71.7 Å². The number of rotatable bonds is 4. The Hall–Kier alpha value is -1.54. The lowest BCUT2D eigenvalue weighted by Crippen LogP contribution is -2.18. The van der Waals surface area contributed by atoms with E-state index in [9.17, 15) is 0 Å². The molecule has 0 unspecified atom stereocenters. The van der Waals surface area contributed by atoms with E-state index in [-0.39, 0.29) is 6.04 Å². The second-order valence-electron chi connectivity index (χ2n) is 5.42. The maximum Gasteiger partial charge on any atom is 0.0595 e. The van der Waals surface area contributed by atoms with Gasteiger partial charge in [-0.25, -0.2) is 0 Å². The zero-order chi connectivity index (χ0) is 15.5. The number of halogens is 2. The molecule has 3 aromatic carbocycles. The van der Waals surface area contributed by atoms with Crippen molar-refractivity contribution < 1.29 is 0 Å². The Bertz CT molecular complexity index is 793. The van der Waals surface area contributed by atoms with Crippen molar-refractivity contribution in [3.63, 3.8) is 0 Å². The molecule has 0 aliphatic carbocycles. The molecule has 3 aromatic rings. The molecule has 0 bridgehead atoms. The van der Waals surface area contributed by atoms with E-state index in [4.69, 9.17) is 23.2 Å². The largest absolute Gasteiger partial charge is 0.306 e. The van der Waals surface area contributed by atoms with Crippen molar-refractivity contribution in [2.24, 2.45) is 0 Å². The molecule has 112 valence electrons. The van der Waals surface area contributed by atoms with Crippen LogP contribution >= 0.6 is 23.2 Å². The van der Waals surface area contributed by atoms with Crippen LogP contribution in [0.3, 0.4) is 0 Å². The molecular weight excluding hydrogens is 313 g/mol. The Kier molecular flexibility index (Phi) is 4.68. The maximum absolute atomic E-state index is 6.06.